The van der Waals surface area contributed by atoms with E-state index in [-0.39, 0.29) is 11.9 Å². The number of hydrogen-bond donors (Lipinski definition) is 1. The summed E-state index contributed by atoms with van der Waals surface area (Å²) in [5.74, 6) is 1.96. The number of nitrogens with one attached hydrogen (secondary N) is 1. The van der Waals surface area contributed by atoms with Crippen molar-refractivity contribution < 1.29 is 9.53 Å². The zero-order valence-electron chi connectivity index (χ0n) is 14.6. The maximum atomic E-state index is 12.1. The molecule has 130 valence electrons. The fraction of sp³-hybridized carbons (Fsp3) is 0.471. The molecule has 0 spiro atoms. The fourth-order valence-corrected chi connectivity index (χ4v) is 3.18. The number of amides is 1. The van der Waals surface area contributed by atoms with Gasteiger partial charge in [-0.15, -0.1) is 10.2 Å². The highest BCUT2D eigenvalue weighted by Gasteiger charge is 2.15. The van der Waals surface area contributed by atoms with Crippen molar-refractivity contribution in [3.8, 4) is 5.75 Å². The van der Waals surface area contributed by atoms with E-state index in [1.165, 1.54) is 11.8 Å². The zero-order valence-corrected chi connectivity index (χ0v) is 15.4. The molecule has 0 aliphatic carbocycles. The van der Waals surface area contributed by atoms with Gasteiger partial charge in [-0.3, -0.25) is 4.79 Å². The van der Waals surface area contributed by atoms with Crippen LogP contribution in [0.25, 0.3) is 0 Å². The Hall–Kier alpha value is -2.02. The highest BCUT2D eigenvalue weighted by atomic mass is 32.2. The molecule has 0 aliphatic heterocycles. The average molecular weight is 348 g/mol. The van der Waals surface area contributed by atoms with Gasteiger partial charge in [0.25, 0.3) is 0 Å². The number of carbonyl (C=O) groups is 1. The van der Waals surface area contributed by atoms with Gasteiger partial charge in [0.1, 0.15) is 11.6 Å². The first-order valence-corrected chi connectivity index (χ1v) is 9.13. The first-order valence-electron chi connectivity index (χ1n) is 8.14. The number of hydrogen-bond acceptors (Lipinski definition) is 5. The van der Waals surface area contributed by atoms with Crippen LogP contribution < -0.4 is 10.1 Å². The van der Waals surface area contributed by atoms with Gasteiger partial charge in [0.05, 0.1) is 12.4 Å². The molecule has 1 N–H and O–H groups in total. The predicted octanol–water partition coefficient (Wildman–Crippen LogP) is 3.55. The Kier molecular flexibility index (Phi) is 6.66. The van der Waals surface area contributed by atoms with Crippen LogP contribution in [0.5, 0.6) is 5.75 Å². The van der Waals surface area contributed by atoms with Gasteiger partial charge in [0, 0.05) is 18.2 Å². The van der Waals surface area contributed by atoms with Crippen molar-refractivity contribution >= 4 is 23.4 Å². The lowest BCUT2D eigenvalue weighted by atomic mass is 10.3. The number of ether oxygens (including phenoxy) is 1. The van der Waals surface area contributed by atoms with Crippen molar-refractivity contribution in [3.05, 3.63) is 30.1 Å². The molecule has 0 aliphatic rings. The molecule has 0 saturated heterocycles. The molecule has 24 heavy (non-hydrogen) atoms. The largest absolute Gasteiger partial charge is 0.494 e. The standard InChI is InChI=1S/C17H24N4O2S/c1-5-15-19-20-17(21(15)12(3)4)24-11-16(22)18-13-7-9-14(10-8-13)23-6-2/h7-10,12H,5-6,11H2,1-4H3,(H,18,22). The number of rotatable bonds is 8. The van der Waals surface area contributed by atoms with E-state index < -0.39 is 0 Å². The minimum Gasteiger partial charge on any atom is -0.494 e. The van der Waals surface area contributed by atoms with Gasteiger partial charge in [0.2, 0.25) is 5.91 Å². The topological polar surface area (TPSA) is 69.0 Å². The molecular formula is C17H24N4O2S. The van der Waals surface area contributed by atoms with Gasteiger partial charge in [-0.05, 0) is 45.0 Å². The fourth-order valence-electron chi connectivity index (χ4n) is 2.29. The number of anilines is 1. The van der Waals surface area contributed by atoms with Crippen LogP contribution in [0.1, 0.15) is 39.6 Å². The van der Waals surface area contributed by atoms with Crippen molar-refractivity contribution in [1.29, 1.82) is 0 Å². The minimum absolute atomic E-state index is 0.0690. The Labute approximate surface area is 147 Å². The van der Waals surface area contributed by atoms with Crippen LogP contribution in [0.2, 0.25) is 0 Å². The Morgan fingerprint density at radius 2 is 1.96 bits per heavy atom. The van der Waals surface area contributed by atoms with Crippen LogP contribution in [0, 0.1) is 0 Å². The average Bonchev–Trinajstić information content (AvgIpc) is 2.98. The van der Waals surface area contributed by atoms with Crippen LogP contribution in [-0.4, -0.2) is 33.0 Å². The molecular weight excluding hydrogens is 324 g/mol. The van der Waals surface area contributed by atoms with E-state index in [0.29, 0.717) is 12.4 Å². The maximum absolute atomic E-state index is 12.1. The zero-order chi connectivity index (χ0) is 17.5. The van der Waals surface area contributed by atoms with Crippen LogP contribution in [0.4, 0.5) is 5.69 Å². The summed E-state index contributed by atoms with van der Waals surface area (Å²) in [4.78, 5) is 12.1. The number of aromatic nitrogens is 3. The lowest BCUT2D eigenvalue weighted by Gasteiger charge is -2.12. The van der Waals surface area contributed by atoms with E-state index in [1.54, 1.807) is 0 Å². The van der Waals surface area contributed by atoms with Crippen molar-refractivity contribution in [1.82, 2.24) is 14.8 Å². The molecule has 2 aromatic rings. The van der Waals surface area contributed by atoms with Crippen LogP contribution >= 0.6 is 11.8 Å². The smallest absolute Gasteiger partial charge is 0.234 e. The first kappa shape index (κ1) is 18.3. The number of aryl methyl sites for hydroxylation is 1. The van der Waals surface area contributed by atoms with Crippen LogP contribution in [-0.2, 0) is 11.2 Å². The Bertz CT molecular complexity index is 668. The first-order chi connectivity index (χ1) is 11.5. The maximum Gasteiger partial charge on any atom is 0.234 e. The highest BCUT2D eigenvalue weighted by Crippen LogP contribution is 2.22. The van der Waals surface area contributed by atoms with E-state index >= 15 is 0 Å². The molecule has 0 unspecified atom stereocenters. The summed E-state index contributed by atoms with van der Waals surface area (Å²) in [7, 11) is 0. The molecule has 0 atom stereocenters. The second kappa shape index (κ2) is 8.73. The molecule has 1 amide bonds. The third kappa shape index (κ3) is 4.74. The summed E-state index contributed by atoms with van der Waals surface area (Å²) in [5, 5.41) is 12.0. The molecule has 0 radical (unpaired) electrons. The number of thioether (sulfide) groups is 1. The van der Waals surface area contributed by atoms with E-state index in [9.17, 15) is 4.79 Å². The summed E-state index contributed by atoms with van der Waals surface area (Å²) in [5.41, 5.74) is 0.753. The molecule has 0 bridgehead atoms. The van der Waals surface area contributed by atoms with Crippen molar-refractivity contribution in [2.45, 2.75) is 45.3 Å². The number of benzene rings is 1. The molecule has 6 nitrogen and oxygen atoms in total. The normalized spacial score (nSPS) is 10.9. The van der Waals surface area contributed by atoms with Gasteiger partial charge < -0.3 is 14.6 Å². The Morgan fingerprint density at radius 3 is 2.54 bits per heavy atom. The van der Waals surface area contributed by atoms with Crippen LogP contribution in [0.3, 0.4) is 0 Å². The summed E-state index contributed by atoms with van der Waals surface area (Å²) in [6, 6.07) is 7.62. The van der Waals surface area contributed by atoms with Gasteiger partial charge in [-0.1, -0.05) is 18.7 Å². The summed E-state index contributed by atoms with van der Waals surface area (Å²) < 4.78 is 7.46. The third-order valence-electron chi connectivity index (χ3n) is 3.35. The highest BCUT2D eigenvalue weighted by molar-refractivity contribution is 7.99. The summed E-state index contributed by atoms with van der Waals surface area (Å²) in [6.45, 7) is 8.79. The molecule has 0 saturated carbocycles. The van der Waals surface area contributed by atoms with Crippen molar-refractivity contribution in [2.24, 2.45) is 0 Å². The lowest BCUT2D eigenvalue weighted by molar-refractivity contribution is -0.113. The molecule has 1 aromatic carbocycles. The van der Waals surface area contributed by atoms with E-state index in [1.807, 2.05) is 31.2 Å². The Morgan fingerprint density at radius 1 is 1.25 bits per heavy atom. The second-order valence-corrected chi connectivity index (χ2v) is 6.45. The monoisotopic (exact) mass is 348 g/mol. The quantitative estimate of drug-likeness (QED) is 0.739. The summed E-state index contributed by atoms with van der Waals surface area (Å²) >= 11 is 1.40. The molecule has 2 rings (SSSR count). The number of nitrogens with zero attached hydrogens (tertiary/aromatic N) is 3. The number of carbonyl (C=O) groups excluding carboxylic acids is 1. The van der Waals surface area contributed by atoms with Gasteiger partial charge in [0.15, 0.2) is 5.16 Å². The van der Waals surface area contributed by atoms with Crippen LogP contribution in [0.15, 0.2) is 29.4 Å². The van der Waals surface area contributed by atoms with E-state index in [2.05, 4.69) is 40.9 Å². The lowest BCUT2D eigenvalue weighted by Crippen LogP contribution is -2.15. The van der Waals surface area contributed by atoms with Crippen molar-refractivity contribution in [3.63, 3.8) is 0 Å². The molecule has 0 fully saturated rings. The summed E-state index contributed by atoms with van der Waals surface area (Å²) in [6.07, 6.45) is 0.824. The van der Waals surface area contributed by atoms with Gasteiger partial charge in [-0.25, -0.2) is 0 Å². The minimum atomic E-state index is -0.0690. The van der Waals surface area contributed by atoms with Gasteiger partial charge in [-0.2, -0.15) is 0 Å². The third-order valence-corrected chi connectivity index (χ3v) is 4.29. The van der Waals surface area contributed by atoms with E-state index in [0.717, 1.165) is 28.8 Å². The predicted molar refractivity (Wildman–Crippen MR) is 96.7 cm³/mol. The molecule has 1 aromatic heterocycles. The Balaban J connectivity index is 1.92. The van der Waals surface area contributed by atoms with Crippen molar-refractivity contribution in [2.75, 3.05) is 17.7 Å². The molecule has 7 heteroatoms. The molecule has 1 heterocycles. The second-order valence-electron chi connectivity index (χ2n) is 5.51. The van der Waals surface area contributed by atoms with E-state index in [4.69, 9.17) is 4.74 Å². The SMILES string of the molecule is CCOc1ccc(NC(=O)CSc2nnc(CC)n2C(C)C)cc1. The van der Waals surface area contributed by atoms with Gasteiger partial charge >= 0.3 is 0 Å².